The van der Waals surface area contributed by atoms with Crippen LogP contribution >= 0.6 is 0 Å². The third-order valence-corrected chi connectivity index (χ3v) is 2.10. The van der Waals surface area contributed by atoms with Crippen molar-refractivity contribution in [1.82, 2.24) is 9.88 Å². The number of pyridine rings is 1. The fourth-order valence-corrected chi connectivity index (χ4v) is 1.28. The van der Waals surface area contributed by atoms with Crippen LogP contribution in [0.3, 0.4) is 0 Å². The molecule has 100 valence electrons. The van der Waals surface area contributed by atoms with Gasteiger partial charge in [0.1, 0.15) is 11.4 Å². The van der Waals surface area contributed by atoms with Crippen molar-refractivity contribution in [1.29, 1.82) is 0 Å². The van der Waals surface area contributed by atoms with E-state index in [2.05, 4.69) is 10.4 Å². The molecule has 6 nitrogen and oxygen atoms in total. The van der Waals surface area contributed by atoms with Crippen LogP contribution in [0.15, 0.2) is 18.3 Å². The van der Waals surface area contributed by atoms with Crippen molar-refractivity contribution >= 4 is 11.9 Å². The third-order valence-electron chi connectivity index (χ3n) is 2.10. The molecule has 1 heterocycles. The minimum atomic E-state index is -0.489. The van der Waals surface area contributed by atoms with Crippen molar-refractivity contribution < 1.29 is 9.53 Å². The molecule has 6 heteroatoms. The summed E-state index contributed by atoms with van der Waals surface area (Å²) in [6.07, 6.45) is 1.30. The average molecular weight is 252 g/mol. The smallest absolute Gasteiger partial charge is 0.410 e. The maximum Gasteiger partial charge on any atom is 0.410 e. The molecule has 0 aliphatic rings. The van der Waals surface area contributed by atoms with E-state index in [0.29, 0.717) is 12.4 Å². The van der Waals surface area contributed by atoms with E-state index in [1.54, 1.807) is 19.3 Å². The molecule has 0 bridgehead atoms. The van der Waals surface area contributed by atoms with Gasteiger partial charge in [-0.1, -0.05) is 6.07 Å². The van der Waals surface area contributed by atoms with Gasteiger partial charge in [-0.15, -0.1) is 0 Å². The van der Waals surface area contributed by atoms with Gasteiger partial charge in [0.15, 0.2) is 0 Å². The van der Waals surface area contributed by atoms with E-state index in [0.717, 1.165) is 5.56 Å². The fourth-order valence-electron chi connectivity index (χ4n) is 1.28. The molecule has 0 aliphatic carbocycles. The van der Waals surface area contributed by atoms with E-state index < -0.39 is 5.60 Å². The minimum absolute atomic E-state index is 0.358. The van der Waals surface area contributed by atoms with Crippen molar-refractivity contribution in [2.75, 3.05) is 12.5 Å². The molecule has 0 atom stereocenters. The first-order valence-electron chi connectivity index (χ1n) is 5.67. The van der Waals surface area contributed by atoms with E-state index in [9.17, 15) is 4.79 Å². The number of hydrogen-bond acceptors (Lipinski definition) is 5. The van der Waals surface area contributed by atoms with Crippen molar-refractivity contribution in [2.45, 2.75) is 32.9 Å². The molecule has 0 unspecified atom stereocenters. The molecule has 1 amide bonds. The van der Waals surface area contributed by atoms with Gasteiger partial charge in [0, 0.05) is 13.2 Å². The number of anilines is 1. The summed E-state index contributed by atoms with van der Waals surface area (Å²) in [6.45, 7) is 5.94. The van der Waals surface area contributed by atoms with Gasteiger partial charge < -0.3 is 15.1 Å². The molecular weight excluding hydrogens is 232 g/mol. The van der Waals surface area contributed by atoms with Crippen LogP contribution in [-0.2, 0) is 11.3 Å². The zero-order valence-corrected chi connectivity index (χ0v) is 11.2. The Morgan fingerprint density at radius 1 is 1.50 bits per heavy atom. The summed E-state index contributed by atoms with van der Waals surface area (Å²) in [6, 6.07) is 3.60. The van der Waals surface area contributed by atoms with Crippen LogP contribution in [0.5, 0.6) is 0 Å². The lowest BCUT2D eigenvalue weighted by Crippen LogP contribution is -2.33. The van der Waals surface area contributed by atoms with Crippen LogP contribution in [0.4, 0.5) is 10.6 Å². The summed E-state index contributed by atoms with van der Waals surface area (Å²) in [7, 11) is 1.68. The number of amides is 1. The summed E-state index contributed by atoms with van der Waals surface area (Å²) < 4.78 is 5.25. The van der Waals surface area contributed by atoms with Crippen molar-refractivity contribution in [2.24, 2.45) is 5.84 Å². The molecule has 3 N–H and O–H groups in total. The van der Waals surface area contributed by atoms with Gasteiger partial charge in [0.05, 0.1) is 6.54 Å². The molecule has 18 heavy (non-hydrogen) atoms. The monoisotopic (exact) mass is 252 g/mol. The van der Waals surface area contributed by atoms with Crippen LogP contribution < -0.4 is 11.3 Å². The number of rotatable bonds is 3. The molecule has 0 aromatic carbocycles. The molecule has 0 radical (unpaired) electrons. The highest BCUT2D eigenvalue weighted by molar-refractivity contribution is 5.67. The van der Waals surface area contributed by atoms with Gasteiger partial charge in [0.2, 0.25) is 0 Å². The number of nitrogen functional groups attached to an aromatic ring is 1. The van der Waals surface area contributed by atoms with Crippen LogP contribution in [0, 0.1) is 0 Å². The predicted octanol–water partition coefficient (Wildman–Crippen LogP) is 1.73. The Morgan fingerprint density at radius 3 is 2.61 bits per heavy atom. The lowest BCUT2D eigenvalue weighted by atomic mass is 10.2. The number of nitrogens with two attached hydrogens (primary N) is 1. The van der Waals surface area contributed by atoms with E-state index in [4.69, 9.17) is 10.6 Å². The fraction of sp³-hybridized carbons (Fsp3) is 0.500. The molecule has 0 spiro atoms. The molecule has 1 aromatic heterocycles. The van der Waals surface area contributed by atoms with E-state index in [1.165, 1.54) is 4.90 Å². The molecule has 0 aliphatic heterocycles. The van der Waals surface area contributed by atoms with E-state index >= 15 is 0 Å². The van der Waals surface area contributed by atoms with Crippen LogP contribution in [0.25, 0.3) is 0 Å². The number of nitrogens with zero attached hydrogens (tertiary/aromatic N) is 2. The number of hydrazine groups is 1. The van der Waals surface area contributed by atoms with Gasteiger partial charge in [-0.05, 0) is 32.4 Å². The Morgan fingerprint density at radius 2 is 2.17 bits per heavy atom. The number of aromatic nitrogens is 1. The number of ether oxygens (including phenoxy) is 1. The molecule has 1 aromatic rings. The Balaban J connectivity index is 2.58. The molecular formula is C12H20N4O2. The van der Waals surface area contributed by atoms with Crippen molar-refractivity contribution in [3.8, 4) is 0 Å². The summed E-state index contributed by atoms with van der Waals surface area (Å²) in [5.41, 5.74) is 2.86. The normalized spacial score (nSPS) is 10.9. The van der Waals surface area contributed by atoms with Gasteiger partial charge in [-0.3, -0.25) is 0 Å². The summed E-state index contributed by atoms with van der Waals surface area (Å²) in [4.78, 5) is 17.3. The predicted molar refractivity (Wildman–Crippen MR) is 69.7 cm³/mol. The van der Waals surface area contributed by atoms with Gasteiger partial charge in [-0.2, -0.15) is 0 Å². The third kappa shape index (κ3) is 4.58. The second kappa shape index (κ2) is 5.68. The lowest BCUT2D eigenvalue weighted by Gasteiger charge is -2.24. The van der Waals surface area contributed by atoms with Crippen LogP contribution in [-0.4, -0.2) is 28.6 Å². The first kappa shape index (κ1) is 14.2. The Bertz CT molecular complexity index is 398. The van der Waals surface area contributed by atoms with Crippen LogP contribution in [0.1, 0.15) is 26.3 Å². The number of hydrogen-bond donors (Lipinski definition) is 2. The lowest BCUT2D eigenvalue weighted by molar-refractivity contribution is 0.0285. The first-order chi connectivity index (χ1) is 8.31. The SMILES string of the molecule is CN(Cc1ccc(NN)nc1)C(=O)OC(C)(C)C. The molecule has 1 rings (SSSR count). The van der Waals surface area contributed by atoms with Crippen LogP contribution in [0.2, 0.25) is 0 Å². The van der Waals surface area contributed by atoms with E-state index in [-0.39, 0.29) is 6.09 Å². The largest absolute Gasteiger partial charge is 0.444 e. The average Bonchev–Trinajstić information content (AvgIpc) is 2.27. The molecule has 0 saturated heterocycles. The van der Waals surface area contributed by atoms with Crippen molar-refractivity contribution in [3.05, 3.63) is 23.9 Å². The highest BCUT2D eigenvalue weighted by Gasteiger charge is 2.19. The quantitative estimate of drug-likeness (QED) is 0.632. The zero-order chi connectivity index (χ0) is 13.8. The number of carbonyl (C=O) groups excluding carboxylic acids is 1. The second-order valence-corrected chi connectivity index (χ2v) is 5.03. The summed E-state index contributed by atoms with van der Waals surface area (Å²) in [5.74, 6) is 5.80. The topological polar surface area (TPSA) is 80.5 Å². The first-order valence-corrected chi connectivity index (χ1v) is 5.67. The zero-order valence-electron chi connectivity index (χ0n) is 11.2. The Kier molecular flexibility index (Phi) is 4.49. The Hall–Kier alpha value is -1.82. The Labute approximate surface area is 107 Å². The van der Waals surface area contributed by atoms with Gasteiger partial charge >= 0.3 is 6.09 Å². The second-order valence-electron chi connectivity index (χ2n) is 5.03. The van der Waals surface area contributed by atoms with Crippen molar-refractivity contribution in [3.63, 3.8) is 0 Å². The molecule has 0 fully saturated rings. The highest BCUT2D eigenvalue weighted by Crippen LogP contribution is 2.11. The molecule has 0 saturated carbocycles. The number of nitrogens with one attached hydrogen (secondary N) is 1. The maximum atomic E-state index is 11.7. The minimum Gasteiger partial charge on any atom is -0.444 e. The summed E-state index contributed by atoms with van der Waals surface area (Å²) >= 11 is 0. The van der Waals surface area contributed by atoms with Gasteiger partial charge in [-0.25, -0.2) is 15.6 Å². The highest BCUT2D eigenvalue weighted by atomic mass is 16.6. The maximum absolute atomic E-state index is 11.7. The summed E-state index contributed by atoms with van der Waals surface area (Å²) in [5, 5.41) is 0. The van der Waals surface area contributed by atoms with E-state index in [1.807, 2.05) is 26.8 Å². The number of carbonyl (C=O) groups is 1. The van der Waals surface area contributed by atoms with Gasteiger partial charge in [0.25, 0.3) is 0 Å². The standard InChI is InChI=1S/C12H20N4O2/c1-12(2,3)18-11(17)16(4)8-9-5-6-10(15-13)14-7-9/h5-7H,8,13H2,1-4H3,(H,14,15).